The van der Waals surface area contributed by atoms with Crippen molar-refractivity contribution in [2.45, 2.75) is 76.6 Å². The average Bonchev–Trinajstić information content (AvgIpc) is 3.11. The molecule has 1 amide bonds. The molecule has 0 atom stereocenters. The number of nitrogens with zero attached hydrogens (tertiary/aromatic N) is 2. The quantitative estimate of drug-likeness (QED) is 0.578. The van der Waals surface area contributed by atoms with Gasteiger partial charge >= 0.3 is 6.09 Å². The number of thiophene rings is 1. The Hall–Kier alpha value is -1.86. The van der Waals surface area contributed by atoms with Crippen LogP contribution in [0.1, 0.15) is 59.3 Å². The van der Waals surface area contributed by atoms with Crippen LogP contribution in [-0.2, 0) is 4.74 Å². The van der Waals surface area contributed by atoms with Crippen LogP contribution in [0.25, 0.3) is 10.1 Å². The van der Waals surface area contributed by atoms with Crippen molar-refractivity contribution >= 4 is 33.2 Å². The van der Waals surface area contributed by atoms with Crippen LogP contribution in [0.5, 0.6) is 0 Å². The maximum Gasteiger partial charge on any atom is 0.407 e. The molecule has 1 aliphatic carbocycles. The third kappa shape index (κ3) is 6.60. The van der Waals surface area contributed by atoms with Crippen molar-refractivity contribution in [2.24, 2.45) is 0 Å². The molecule has 5 nitrogen and oxygen atoms in total. The van der Waals surface area contributed by atoms with Gasteiger partial charge in [-0.15, -0.1) is 11.3 Å². The maximum absolute atomic E-state index is 15.5. The third-order valence-electron chi connectivity index (χ3n) is 6.88. The van der Waals surface area contributed by atoms with E-state index in [1.807, 2.05) is 20.8 Å². The summed E-state index contributed by atoms with van der Waals surface area (Å²) >= 11 is 1.79. The van der Waals surface area contributed by atoms with Crippen LogP contribution < -0.4 is 10.2 Å². The Morgan fingerprint density at radius 2 is 1.97 bits per heavy atom. The number of alkyl halides is 1. The summed E-state index contributed by atoms with van der Waals surface area (Å²) in [6.45, 7) is 10.4. The minimum atomic E-state index is -1.12. The summed E-state index contributed by atoms with van der Waals surface area (Å²) in [6.07, 6.45) is 3.64. The summed E-state index contributed by atoms with van der Waals surface area (Å²) in [6, 6.07) is 8.79. The Morgan fingerprint density at radius 3 is 2.73 bits per heavy atom. The molecule has 2 aromatic rings. The topological polar surface area (TPSA) is 44.8 Å². The molecule has 182 valence electrons. The molecule has 1 aromatic carbocycles. The Kier molecular flexibility index (Phi) is 7.49. The van der Waals surface area contributed by atoms with Gasteiger partial charge < -0.3 is 19.9 Å². The summed E-state index contributed by atoms with van der Waals surface area (Å²) in [7, 11) is 0. The van der Waals surface area contributed by atoms with Gasteiger partial charge in [-0.05, 0) is 89.4 Å². The van der Waals surface area contributed by atoms with E-state index in [0.29, 0.717) is 32.1 Å². The zero-order chi connectivity index (χ0) is 23.5. The number of carbonyl (C=O) groups excluding carboxylic acids is 1. The monoisotopic (exact) mass is 475 g/mol. The van der Waals surface area contributed by atoms with Crippen LogP contribution in [0, 0.1) is 0 Å². The van der Waals surface area contributed by atoms with Crippen LogP contribution in [0.2, 0.25) is 0 Å². The zero-order valence-corrected chi connectivity index (χ0v) is 21.1. The number of amides is 1. The van der Waals surface area contributed by atoms with Crippen molar-refractivity contribution in [2.75, 3.05) is 37.6 Å². The van der Waals surface area contributed by atoms with E-state index in [-0.39, 0.29) is 6.04 Å². The maximum atomic E-state index is 15.5. The van der Waals surface area contributed by atoms with Gasteiger partial charge in [0.25, 0.3) is 0 Å². The lowest BCUT2D eigenvalue weighted by Gasteiger charge is -2.36. The second-order valence-corrected chi connectivity index (χ2v) is 11.6. The number of benzene rings is 1. The number of ether oxygens (including phenoxy) is 1. The lowest BCUT2D eigenvalue weighted by molar-refractivity contribution is 0.0401. The first-order valence-corrected chi connectivity index (χ1v) is 13.2. The predicted molar refractivity (Wildman–Crippen MR) is 135 cm³/mol. The van der Waals surface area contributed by atoms with Gasteiger partial charge in [0.2, 0.25) is 0 Å². The Bertz CT molecular complexity index is 933. The summed E-state index contributed by atoms with van der Waals surface area (Å²) in [4.78, 5) is 16.9. The average molecular weight is 476 g/mol. The number of alkyl carbamates (subject to hydrolysis) is 1. The van der Waals surface area contributed by atoms with Gasteiger partial charge in [0.05, 0.1) is 0 Å². The molecule has 2 heterocycles. The Labute approximate surface area is 201 Å². The number of hydrogen-bond donors (Lipinski definition) is 1. The van der Waals surface area contributed by atoms with Gasteiger partial charge in [-0.1, -0.05) is 6.07 Å². The fraction of sp³-hybridized carbons (Fsp3) is 0.654. The summed E-state index contributed by atoms with van der Waals surface area (Å²) < 4.78 is 22.2. The van der Waals surface area contributed by atoms with E-state index in [1.54, 1.807) is 11.3 Å². The molecule has 1 aliphatic heterocycles. The number of rotatable bonds is 5. The highest BCUT2D eigenvalue weighted by Gasteiger charge is 2.36. The summed E-state index contributed by atoms with van der Waals surface area (Å²) in [5.41, 5.74) is -0.310. The Morgan fingerprint density at radius 1 is 1.18 bits per heavy atom. The SMILES string of the molecule is CC(C)(C)OC(=O)NC1CCC(F)(CCN2CCCN(c3cccc4sccc34)CC2)CC1. The highest BCUT2D eigenvalue weighted by molar-refractivity contribution is 7.17. The molecule has 0 bridgehead atoms. The first-order chi connectivity index (χ1) is 15.7. The van der Waals surface area contributed by atoms with Crippen LogP contribution in [0.3, 0.4) is 0 Å². The second kappa shape index (κ2) is 10.2. The minimum Gasteiger partial charge on any atom is -0.444 e. The van der Waals surface area contributed by atoms with Crippen LogP contribution in [0.15, 0.2) is 29.6 Å². The van der Waals surface area contributed by atoms with E-state index in [1.165, 1.54) is 15.8 Å². The number of fused-ring (bicyclic) bond motifs is 1. The third-order valence-corrected chi connectivity index (χ3v) is 7.76. The molecule has 0 spiro atoms. The number of halogens is 1. The molecule has 0 radical (unpaired) electrons. The molecule has 2 aliphatic rings. The van der Waals surface area contributed by atoms with Crippen LogP contribution in [0.4, 0.5) is 14.9 Å². The van der Waals surface area contributed by atoms with Crippen molar-refractivity contribution in [3.8, 4) is 0 Å². The summed E-state index contributed by atoms with van der Waals surface area (Å²) in [5, 5.41) is 6.42. The van der Waals surface area contributed by atoms with E-state index < -0.39 is 17.4 Å². The van der Waals surface area contributed by atoms with Crippen LogP contribution >= 0.6 is 11.3 Å². The molecular weight excluding hydrogens is 437 g/mol. The molecule has 7 heteroatoms. The fourth-order valence-electron chi connectivity index (χ4n) is 5.05. The van der Waals surface area contributed by atoms with Crippen molar-refractivity contribution in [1.82, 2.24) is 10.2 Å². The number of anilines is 1. The molecule has 1 saturated heterocycles. The van der Waals surface area contributed by atoms with E-state index in [9.17, 15) is 4.79 Å². The highest BCUT2D eigenvalue weighted by atomic mass is 32.1. The van der Waals surface area contributed by atoms with Gasteiger partial charge in [0.1, 0.15) is 11.3 Å². The van der Waals surface area contributed by atoms with Crippen molar-refractivity contribution < 1.29 is 13.9 Å². The molecule has 1 N–H and O–H groups in total. The fourth-order valence-corrected chi connectivity index (χ4v) is 5.86. The van der Waals surface area contributed by atoms with Crippen LogP contribution in [-0.4, -0.2) is 61.0 Å². The van der Waals surface area contributed by atoms with Gasteiger partial charge in [-0.3, -0.25) is 0 Å². The second-order valence-electron chi connectivity index (χ2n) is 10.6. The largest absolute Gasteiger partial charge is 0.444 e. The normalized spacial score (nSPS) is 25.1. The molecule has 1 saturated carbocycles. The summed E-state index contributed by atoms with van der Waals surface area (Å²) in [5.74, 6) is 0. The molecule has 1 aromatic heterocycles. The first kappa shape index (κ1) is 24.3. The zero-order valence-electron chi connectivity index (χ0n) is 20.2. The van der Waals surface area contributed by atoms with Crippen molar-refractivity contribution in [3.63, 3.8) is 0 Å². The molecule has 33 heavy (non-hydrogen) atoms. The van der Waals surface area contributed by atoms with Gasteiger partial charge in [0.15, 0.2) is 0 Å². The molecule has 4 rings (SSSR count). The molecule has 0 unspecified atom stereocenters. The van der Waals surface area contributed by atoms with E-state index in [4.69, 9.17) is 4.74 Å². The van der Waals surface area contributed by atoms with Crippen molar-refractivity contribution in [1.29, 1.82) is 0 Å². The van der Waals surface area contributed by atoms with Gasteiger partial charge in [-0.2, -0.15) is 0 Å². The van der Waals surface area contributed by atoms with E-state index >= 15 is 4.39 Å². The van der Waals surface area contributed by atoms with Crippen molar-refractivity contribution in [3.05, 3.63) is 29.6 Å². The van der Waals surface area contributed by atoms with E-state index in [2.05, 4.69) is 44.8 Å². The van der Waals surface area contributed by atoms with Gasteiger partial charge in [0, 0.05) is 48.0 Å². The van der Waals surface area contributed by atoms with Gasteiger partial charge in [-0.25, -0.2) is 9.18 Å². The first-order valence-electron chi connectivity index (χ1n) is 12.3. The molecular formula is C26H38FN3O2S. The smallest absolute Gasteiger partial charge is 0.407 e. The Balaban J connectivity index is 1.23. The standard InChI is InChI=1S/C26H38FN3O2S/c1-25(2,3)32-24(31)28-20-8-11-26(27,12-9-20)13-16-29-14-5-15-30(18-17-29)22-6-4-7-23-21(22)10-19-33-23/h4,6-7,10,19-20H,5,8-9,11-18H2,1-3H3,(H,28,31). The lowest BCUT2D eigenvalue weighted by atomic mass is 9.81. The number of carbonyl (C=O) groups is 1. The number of hydrogen-bond acceptors (Lipinski definition) is 5. The lowest BCUT2D eigenvalue weighted by Crippen LogP contribution is -2.44. The minimum absolute atomic E-state index is 0.00952. The predicted octanol–water partition coefficient (Wildman–Crippen LogP) is 5.98. The molecule has 2 fully saturated rings. The number of nitrogens with one attached hydrogen (secondary N) is 1. The van der Waals surface area contributed by atoms with E-state index in [0.717, 1.165) is 39.1 Å². The highest BCUT2D eigenvalue weighted by Crippen LogP contribution is 2.36.